The minimum atomic E-state index is -2.27. The lowest BCUT2D eigenvalue weighted by Crippen LogP contribution is -2.73. The smallest absolute Gasteiger partial charge is 0.180 e. The maximum Gasteiger partial charge on any atom is 0.180 e. The van der Waals surface area contributed by atoms with E-state index in [1.807, 2.05) is 6.92 Å². The third-order valence-electron chi connectivity index (χ3n) is 8.20. The second-order valence-electron chi connectivity index (χ2n) is 11.1. The first kappa shape index (κ1) is 35.5. The van der Waals surface area contributed by atoms with Crippen LogP contribution < -0.4 is 17.2 Å². The highest BCUT2D eigenvalue weighted by Gasteiger charge is 2.58. The molecular weight excluding hydrogens is 566 g/mol. The second kappa shape index (κ2) is 15.3. The molecule has 14 N–H and O–H groups in total. The van der Waals surface area contributed by atoms with Gasteiger partial charge in [-0.15, -0.1) is 0 Å². The molecule has 0 aromatic rings. The minimum Gasteiger partial charge on any atom is -0.394 e. The van der Waals surface area contributed by atoms with Crippen molar-refractivity contribution in [1.82, 2.24) is 0 Å². The van der Waals surface area contributed by atoms with E-state index >= 15 is 0 Å². The number of carbonyl (C=O) groups is 1. The molecule has 17 heteroatoms. The van der Waals surface area contributed by atoms with Crippen molar-refractivity contribution in [3.8, 4) is 0 Å². The molecule has 17 nitrogen and oxygen atoms in total. The molecule has 0 radical (unpaired) electrons. The number of unbranched alkanes of at least 4 members (excludes halogenated alkanes) is 3. The van der Waals surface area contributed by atoms with E-state index in [0.29, 0.717) is 6.42 Å². The summed E-state index contributed by atoms with van der Waals surface area (Å²) in [5, 5.41) is 82.6. The lowest BCUT2D eigenvalue weighted by atomic mass is 9.81. The van der Waals surface area contributed by atoms with Crippen molar-refractivity contribution in [3.63, 3.8) is 0 Å². The van der Waals surface area contributed by atoms with Crippen LogP contribution >= 0.6 is 0 Å². The highest BCUT2D eigenvalue weighted by Crippen LogP contribution is 2.35. The summed E-state index contributed by atoms with van der Waals surface area (Å²) in [6.07, 6.45) is -14.2. The molecule has 3 aliphatic heterocycles. The van der Waals surface area contributed by atoms with Gasteiger partial charge in [0.05, 0.1) is 37.9 Å². The molecule has 15 atom stereocenters. The van der Waals surface area contributed by atoms with Gasteiger partial charge in [-0.25, -0.2) is 0 Å². The number of carbonyl (C=O) groups excluding carboxylic acids is 1. The molecule has 3 fully saturated rings. The fraction of sp³-hybridized carbons (Fsp3) is 0.960. The number of aliphatic hydroxyl groups excluding tert-OH is 8. The van der Waals surface area contributed by atoms with Crippen LogP contribution in [0, 0.1) is 0 Å². The zero-order valence-electron chi connectivity index (χ0n) is 23.5. The van der Waals surface area contributed by atoms with Gasteiger partial charge < -0.3 is 81.7 Å². The number of ketones is 1. The summed E-state index contributed by atoms with van der Waals surface area (Å²) in [6.45, 7) is -0.454. The van der Waals surface area contributed by atoms with Gasteiger partial charge in [-0.3, -0.25) is 4.79 Å². The Morgan fingerprint density at radius 2 is 1.31 bits per heavy atom. The predicted octanol–water partition coefficient (Wildman–Crippen LogP) is -5.76. The Morgan fingerprint density at radius 3 is 1.88 bits per heavy atom. The molecule has 2 unspecified atom stereocenters. The third-order valence-corrected chi connectivity index (χ3v) is 8.20. The van der Waals surface area contributed by atoms with Gasteiger partial charge in [0.25, 0.3) is 0 Å². The number of hydrogen-bond acceptors (Lipinski definition) is 17. The fourth-order valence-electron chi connectivity index (χ4n) is 5.45. The number of rotatable bonds is 13. The minimum absolute atomic E-state index is 0.0587. The summed E-state index contributed by atoms with van der Waals surface area (Å²) in [7, 11) is 0. The molecule has 3 aliphatic rings. The van der Waals surface area contributed by atoms with Crippen molar-refractivity contribution >= 4 is 5.78 Å². The average molecular weight is 614 g/mol. The molecule has 0 aliphatic carbocycles. The van der Waals surface area contributed by atoms with E-state index in [4.69, 9.17) is 40.9 Å². The molecule has 3 rings (SSSR count). The van der Waals surface area contributed by atoms with E-state index < -0.39 is 117 Å². The molecule has 0 aromatic carbocycles. The van der Waals surface area contributed by atoms with Crippen molar-refractivity contribution in [1.29, 1.82) is 0 Å². The monoisotopic (exact) mass is 613 g/mol. The van der Waals surface area contributed by atoms with Gasteiger partial charge >= 0.3 is 0 Å². The maximum atomic E-state index is 13.1. The lowest BCUT2D eigenvalue weighted by molar-refractivity contribution is -0.355. The predicted molar refractivity (Wildman–Crippen MR) is 140 cm³/mol. The van der Waals surface area contributed by atoms with E-state index in [9.17, 15) is 45.6 Å². The van der Waals surface area contributed by atoms with Gasteiger partial charge in [-0.2, -0.15) is 0 Å². The van der Waals surface area contributed by atoms with Crippen LogP contribution in [0.3, 0.4) is 0 Å². The van der Waals surface area contributed by atoms with Crippen LogP contribution in [0.5, 0.6) is 0 Å². The Morgan fingerprint density at radius 1 is 0.762 bits per heavy atom. The number of aliphatic hydroxyl groups is 8. The van der Waals surface area contributed by atoms with Crippen LogP contribution in [0.25, 0.3) is 0 Å². The lowest BCUT2D eigenvalue weighted by Gasteiger charge is -2.50. The number of Topliss-reactive ketones (excluding diaryl/α,β-unsaturated/α-hetero) is 1. The summed E-state index contributed by atoms with van der Waals surface area (Å²) < 4.78 is 28.1. The highest BCUT2D eigenvalue weighted by atomic mass is 16.7. The van der Waals surface area contributed by atoms with E-state index in [1.54, 1.807) is 0 Å². The maximum absolute atomic E-state index is 13.1. The quantitative estimate of drug-likeness (QED) is 0.0862. The van der Waals surface area contributed by atoms with Crippen LogP contribution in [0.2, 0.25) is 0 Å². The van der Waals surface area contributed by atoms with Crippen LogP contribution in [0.4, 0.5) is 0 Å². The van der Waals surface area contributed by atoms with Gasteiger partial charge in [0.15, 0.2) is 30.3 Å². The number of hydrogen-bond donors (Lipinski definition) is 11. The van der Waals surface area contributed by atoms with Crippen molar-refractivity contribution in [2.24, 2.45) is 17.2 Å². The molecule has 3 heterocycles. The van der Waals surface area contributed by atoms with Gasteiger partial charge in [-0.05, 0) is 6.42 Å². The third kappa shape index (κ3) is 7.12. The van der Waals surface area contributed by atoms with Gasteiger partial charge in [0.2, 0.25) is 0 Å². The Hall–Kier alpha value is -0.970. The van der Waals surface area contributed by atoms with Gasteiger partial charge in [0, 0.05) is 6.42 Å². The zero-order valence-corrected chi connectivity index (χ0v) is 23.5. The Bertz CT molecular complexity index is 857. The van der Waals surface area contributed by atoms with E-state index in [-0.39, 0.29) is 6.42 Å². The topological polar surface area (TPSA) is 303 Å². The first-order chi connectivity index (χ1) is 19.9. The van der Waals surface area contributed by atoms with Gasteiger partial charge in [-0.1, -0.05) is 26.2 Å². The highest BCUT2D eigenvalue weighted by molar-refractivity contribution is 5.88. The first-order valence-corrected chi connectivity index (χ1v) is 14.2. The van der Waals surface area contributed by atoms with Crippen LogP contribution in [-0.4, -0.2) is 158 Å². The summed E-state index contributed by atoms with van der Waals surface area (Å²) in [5.74, 6) is -0.674. The molecule has 0 amide bonds. The molecule has 0 bridgehead atoms. The largest absolute Gasteiger partial charge is 0.394 e. The van der Waals surface area contributed by atoms with Crippen molar-refractivity contribution < 1.29 is 69.3 Å². The molecule has 0 spiro atoms. The molecule has 246 valence electrons. The van der Waals surface area contributed by atoms with E-state index in [1.165, 1.54) is 0 Å². The number of nitrogens with two attached hydrogens (primary N) is 3. The summed E-state index contributed by atoms with van der Waals surface area (Å²) in [4.78, 5) is 13.1. The summed E-state index contributed by atoms with van der Waals surface area (Å²) in [5.41, 5.74) is 15.7. The second-order valence-corrected chi connectivity index (χ2v) is 11.1. The Labute approximate surface area is 243 Å². The van der Waals surface area contributed by atoms with E-state index in [0.717, 1.165) is 19.3 Å². The molecule has 3 saturated heterocycles. The molecular formula is C25H47N3O14. The first-order valence-electron chi connectivity index (χ1n) is 14.2. The zero-order chi connectivity index (χ0) is 31.4. The van der Waals surface area contributed by atoms with Crippen molar-refractivity contribution in [3.05, 3.63) is 0 Å². The summed E-state index contributed by atoms with van der Waals surface area (Å²) >= 11 is 0. The average Bonchev–Trinajstić information content (AvgIpc) is 2.98. The van der Waals surface area contributed by atoms with Crippen molar-refractivity contribution in [2.45, 2.75) is 130 Å². The molecule has 42 heavy (non-hydrogen) atoms. The van der Waals surface area contributed by atoms with Gasteiger partial charge in [0.1, 0.15) is 48.8 Å². The molecule has 0 aromatic heterocycles. The molecule has 0 saturated carbocycles. The fourth-order valence-corrected chi connectivity index (χ4v) is 5.45. The van der Waals surface area contributed by atoms with Crippen LogP contribution in [0.15, 0.2) is 0 Å². The van der Waals surface area contributed by atoms with Crippen LogP contribution in [0.1, 0.15) is 39.0 Å². The summed E-state index contributed by atoms with van der Waals surface area (Å²) in [6, 6.07) is -4.18. The SMILES string of the molecule is CCCCCCC(=O)[C@]1(CO)O[C@H](OC2[C@@H](CO)O[C@@H](OC3[C@@H](CO)O[C@@H](O)[C@H](N)[C@H]3O)[C@H](N)[C@H]2O)[C@H](N)[C@@H](O)[C@@H]1O. The van der Waals surface area contributed by atoms with Crippen molar-refractivity contribution in [2.75, 3.05) is 19.8 Å². The Balaban J connectivity index is 1.76. The standard InChI is InChI=1S/C25H47N3O14/c1-2-3-4-5-6-12(32)25(9-31)21(36)18(35)15(28)24(42-25)41-20-11(8-30)39-23(14(27)17(20)34)40-19-10(7-29)38-22(37)13(26)16(19)33/h10-11,13-24,29-31,33-37H,2-9,26-28H2,1H3/t10-,11-,13-,14-,15-,16-,17-,18-,19?,20?,21+,22-,23+,24+,25+/m1/s1. The number of ether oxygens (including phenoxy) is 5. The Kier molecular flexibility index (Phi) is 13.0. The normalized spacial score (nSPS) is 46.5. The van der Waals surface area contributed by atoms with E-state index in [2.05, 4.69) is 0 Å². The van der Waals surface area contributed by atoms with Crippen LogP contribution in [-0.2, 0) is 28.5 Å².